The molecule has 0 aromatic heterocycles. The lowest BCUT2D eigenvalue weighted by Crippen LogP contribution is -2.51. The van der Waals surface area contributed by atoms with Crippen LogP contribution in [0.15, 0.2) is 0 Å². The Morgan fingerprint density at radius 3 is 2.48 bits per heavy atom. The van der Waals surface area contributed by atoms with Crippen molar-refractivity contribution in [1.82, 2.24) is 0 Å². The summed E-state index contributed by atoms with van der Waals surface area (Å²) in [5.74, 6) is 2.53. The molecule has 3 fully saturated rings. The first-order chi connectivity index (χ1) is 10.2. The molecule has 0 aromatic carbocycles. The first-order valence-corrected chi connectivity index (χ1v) is 9.62. The predicted octanol–water partition coefficient (Wildman–Crippen LogP) is 4.66. The van der Waals surface area contributed by atoms with E-state index >= 15 is 0 Å². The van der Waals surface area contributed by atoms with Gasteiger partial charge in [0.15, 0.2) is 0 Å². The molecule has 2 saturated carbocycles. The fourth-order valence-electron chi connectivity index (χ4n) is 5.05. The first-order valence-electron chi connectivity index (χ1n) is 9.62. The molecule has 2 unspecified atom stereocenters. The Morgan fingerprint density at radius 2 is 1.86 bits per heavy atom. The smallest absolute Gasteiger partial charge is 0.0685 e. The quantitative estimate of drug-likeness (QED) is 0.800. The third-order valence-corrected chi connectivity index (χ3v) is 6.74. The van der Waals surface area contributed by atoms with Gasteiger partial charge in [-0.25, -0.2) is 0 Å². The summed E-state index contributed by atoms with van der Waals surface area (Å²) in [4.78, 5) is 0. The zero-order valence-corrected chi connectivity index (χ0v) is 14.0. The van der Waals surface area contributed by atoms with Crippen molar-refractivity contribution in [2.75, 3.05) is 6.61 Å². The van der Waals surface area contributed by atoms with Crippen molar-refractivity contribution in [3.8, 4) is 0 Å². The molecular formula is C19H35NO. The Kier molecular flexibility index (Phi) is 5.27. The van der Waals surface area contributed by atoms with Gasteiger partial charge in [-0.05, 0) is 62.7 Å². The van der Waals surface area contributed by atoms with E-state index in [0.29, 0.717) is 6.04 Å². The van der Waals surface area contributed by atoms with Crippen LogP contribution in [0, 0.1) is 17.8 Å². The third-order valence-electron chi connectivity index (χ3n) is 6.74. The molecule has 1 saturated heterocycles. The SMILES string of the molecule is CCCCC1CCC(C(N)C2CCOC3(CCC3)C2)CC1. The van der Waals surface area contributed by atoms with E-state index in [-0.39, 0.29) is 5.60 Å². The van der Waals surface area contributed by atoms with E-state index in [4.69, 9.17) is 10.5 Å². The van der Waals surface area contributed by atoms with Gasteiger partial charge in [0.25, 0.3) is 0 Å². The molecule has 21 heavy (non-hydrogen) atoms. The summed E-state index contributed by atoms with van der Waals surface area (Å²) < 4.78 is 6.07. The number of hydrogen-bond acceptors (Lipinski definition) is 2. The van der Waals surface area contributed by atoms with E-state index in [2.05, 4.69) is 6.92 Å². The molecule has 2 heteroatoms. The molecule has 1 heterocycles. The van der Waals surface area contributed by atoms with E-state index in [1.165, 1.54) is 77.0 Å². The van der Waals surface area contributed by atoms with Crippen LogP contribution in [0.1, 0.15) is 84.0 Å². The number of nitrogens with two attached hydrogens (primary N) is 1. The molecule has 3 rings (SSSR count). The molecule has 2 nitrogen and oxygen atoms in total. The van der Waals surface area contributed by atoms with E-state index < -0.39 is 0 Å². The topological polar surface area (TPSA) is 35.2 Å². The summed E-state index contributed by atoms with van der Waals surface area (Å²) in [6, 6.07) is 0.443. The molecule has 2 N–H and O–H groups in total. The number of ether oxygens (including phenoxy) is 1. The summed E-state index contributed by atoms with van der Waals surface area (Å²) in [6.07, 6.45) is 16.3. The normalized spacial score (nSPS) is 37.1. The summed E-state index contributed by atoms with van der Waals surface area (Å²) in [7, 11) is 0. The van der Waals surface area contributed by atoms with Crippen LogP contribution < -0.4 is 5.73 Å². The molecular weight excluding hydrogens is 258 g/mol. The maximum Gasteiger partial charge on any atom is 0.0685 e. The minimum absolute atomic E-state index is 0.263. The molecule has 2 aliphatic carbocycles. The van der Waals surface area contributed by atoms with Gasteiger partial charge < -0.3 is 10.5 Å². The van der Waals surface area contributed by atoms with E-state index in [0.717, 1.165) is 24.4 Å². The largest absolute Gasteiger partial charge is 0.375 e. The second-order valence-corrected chi connectivity index (χ2v) is 8.14. The number of hydrogen-bond donors (Lipinski definition) is 1. The van der Waals surface area contributed by atoms with Gasteiger partial charge >= 0.3 is 0 Å². The lowest BCUT2D eigenvalue weighted by Gasteiger charge is -2.49. The average molecular weight is 293 g/mol. The number of rotatable bonds is 5. The van der Waals surface area contributed by atoms with Crippen LogP contribution in [0.2, 0.25) is 0 Å². The van der Waals surface area contributed by atoms with E-state index in [9.17, 15) is 0 Å². The van der Waals surface area contributed by atoms with Crippen LogP contribution in [0.25, 0.3) is 0 Å². The average Bonchev–Trinajstić information content (AvgIpc) is 2.51. The molecule has 1 aliphatic heterocycles. The molecule has 0 amide bonds. The molecule has 3 aliphatic rings. The molecule has 2 atom stereocenters. The van der Waals surface area contributed by atoms with Crippen LogP contribution in [0.5, 0.6) is 0 Å². The molecule has 0 bridgehead atoms. The summed E-state index contributed by atoms with van der Waals surface area (Å²) in [6.45, 7) is 3.27. The van der Waals surface area contributed by atoms with Crippen LogP contribution in [-0.4, -0.2) is 18.2 Å². The third kappa shape index (κ3) is 3.64. The zero-order valence-electron chi connectivity index (χ0n) is 14.0. The van der Waals surface area contributed by atoms with Gasteiger partial charge in [0.2, 0.25) is 0 Å². The fourth-order valence-corrected chi connectivity index (χ4v) is 5.05. The lowest BCUT2D eigenvalue weighted by atomic mass is 9.67. The van der Waals surface area contributed by atoms with Crippen molar-refractivity contribution in [2.45, 2.75) is 95.6 Å². The van der Waals surface area contributed by atoms with Crippen LogP contribution >= 0.6 is 0 Å². The van der Waals surface area contributed by atoms with Crippen LogP contribution in [0.3, 0.4) is 0 Å². The molecule has 1 spiro atoms. The zero-order chi connectivity index (χ0) is 14.7. The summed E-state index contributed by atoms with van der Waals surface area (Å²) in [5.41, 5.74) is 6.98. The maximum absolute atomic E-state index is 6.71. The standard InChI is InChI=1S/C19H35NO/c1-2-3-5-15-6-8-16(9-7-15)18(20)17-10-13-21-19(14-17)11-4-12-19/h15-18H,2-14,20H2,1H3. The Labute approximate surface area is 131 Å². The van der Waals surface area contributed by atoms with E-state index in [1.807, 2.05) is 0 Å². The Hall–Kier alpha value is -0.0800. The monoisotopic (exact) mass is 293 g/mol. The van der Waals surface area contributed by atoms with Crippen molar-refractivity contribution in [2.24, 2.45) is 23.5 Å². The minimum atomic E-state index is 0.263. The minimum Gasteiger partial charge on any atom is -0.375 e. The molecule has 122 valence electrons. The van der Waals surface area contributed by atoms with Gasteiger partial charge in [0, 0.05) is 12.6 Å². The summed E-state index contributed by atoms with van der Waals surface area (Å²) in [5, 5.41) is 0. The Balaban J connectivity index is 1.46. The molecule has 0 aromatic rings. The highest BCUT2D eigenvalue weighted by Crippen LogP contribution is 2.46. The highest BCUT2D eigenvalue weighted by atomic mass is 16.5. The predicted molar refractivity (Wildman–Crippen MR) is 88.2 cm³/mol. The maximum atomic E-state index is 6.71. The van der Waals surface area contributed by atoms with Gasteiger partial charge in [0.05, 0.1) is 5.60 Å². The van der Waals surface area contributed by atoms with Gasteiger partial charge in [0.1, 0.15) is 0 Å². The first kappa shape index (κ1) is 15.8. The highest BCUT2D eigenvalue weighted by Gasteiger charge is 2.44. The fraction of sp³-hybridized carbons (Fsp3) is 1.00. The van der Waals surface area contributed by atoms with Crippen molar-refractivity contribution in [3.05, 3.63) is 0 Å². The lowest BCUT2D eigenvalue weighted by molar-refractivity contribution is -0.148. The van der Waals surface area contributed by atoms with Gasteiger partial charge in [-0.3, -0.25) is 0 Å². The number of unbranched alkanes of at least 4 members (excludes halogenated alkanes) is 1. The van der Waals surface area contributed by atoms with Crippen LogP contribution in [-0.2, 0) is 4.74 Å². The van der Waals surface area contributed by atoms with Crippen molar-refractivity contribution >= 4 is 0 Å². The van der Waals surface area contributed by atoms with Gasteiger partial charge in [-0.1, -0.05) is 39.0 Å². The van der Waals surface area contributed by atoms with Crippen molar-refractivity contribution < 1.29 is 4.74 Å². The molecule has 0 radical (unpaired) electrons. The van der Waals surface area contributed by atoms with Crippen LogP contribution in [0.4, 0.5) is 0 Å². The second-order valence-electron chi connectivity index (χ2n) is 8.14. The Bertz CT molecular complexity index is 318. The highest BCUT2D eigenvalue weighted by molar-refractivity contribution is 4.97. The van der Waals surface area contributed by atoms with E-state index in [1.54, 1.807) is 0 Å². The van der Waals surface area contributed by atoms with Crippen molar-refractivity contribution in [3.63, 3.8) is 0 Å². The summed E-state index contributed by atoms with van der Waals surface area (Å²) >= 11 is 0. The Morgan fingerprint density at radius 1 is 1.10 bits per heavy atom. The second kappa shape index (κ2) is 7.00. The van der Waals surface area contributed by atoms with Crippen molar-refractivity contribution in [1.29, 1.82) is 0 Å². The van der Waals surface area contributed by atoms with Gasteiger partial charge in [-0.2, -0.15) is 0 Å². The van der Waals surface area contributed by atoms with Gasteiger partial charge in [-0.15, -0.1) is 0 Å².